The van der Waals surface area contributed by atoms with E-state index in [9.17, 15) is 16.8 Å². The molecule has 0 saturated carbocycles. The van der Waals surface area contributed by atoms with Crippen LogP contribution in [0.3, 0.4) is 0 Å². The summed E-state index contributed by atoms with van der Waals surface area (Å²) in [7, 11) is -7.87. The Morgan fingerprint density at radius 1 is 1.08 bits per heavy atom. The molecule has 5 nitrogen and oxygen atoms in total. The summed E-state index contributed by atoms with van der Waals surface area (Å²) in [6, 6.07) is 10.3. The Hall–Kier alpha value is -1.57. The molecule has 1 atom stereocenters. The van der Waals surface area contributed by atoms with Crippen LogP contribution in [0.15, 0.2) is 52.3 Å². The SMILES string of the molecule is CCC(C)c1ccccc1OS(=O)(=O)c1cc(S(C)(=O)=O)ccc1Cl. The summed E-state index contributed by atoms with van der Waals surface area (Å²) < 4.78 is 54.0. The first-order chi connectivity index (χ1) is 11.6. The van der Waals surface area contributed by atoms with Gasteiger partial charge in [0.05, 0.1) is 9.92 Å². The molecule has 0 aliphatic heterocycles. The van der Waals surface area contributed by atoms with Gasteiger partial charge >= 0.3 is 10.1 Å². The quantitative estimate of drug-likeness (QED) is 0.682. The molecule has 8 heteroatoms. The summed E-state index contributed by atoms with van der Waals surface area (Å²) in [5, 5.41) is -0.103. The van der Waals surface area contributed by atoms with Gasteiger partial charge < -0.3 is 4.18 Å². The number of rotatable bonds is 6. The van der Waals surface area contributed by atoms with Crippen molar-refractivity contribution in [3.8, 4) is 5.75 Å². The summed E-state index contributed by atoms with van der Waals surface area (Å²) in [5.74, 6) is 0.307. The summed E-state index contributed by atoms with van der Waals surface area (Å²) in [4.78, 5) is -0.523. The predicted octanol–water partition coefficient (Wildman–Crippen LogP) is 4.02. The number of sulfone groups is 1. The summed E-state index contributed by atoms with van der Waals surface area (Å²) in [5.41, 5.74) is 0.754. The van der Waals surface area contributed by atoms with Crippen molar-refractivity contribution in [1.29, 1.82) is 0 Å². The standard InChI is InChI=1S/C17H19ClO5S2/c1-4-12(2)14-7-5-6-8-16(14)23-25(21,22)17-11-13(24(3,19)20)9-10-15(17)18/h5-12H,4H2,1-3H3. The molecule has 2 rings (SSSR count). The highest BCUT2D eigenvalue weighted by atomic mass is 35.5. The summed E-state index contributed by atoms with van der Waals surface area (Å²) in [6.07, 6.45) is 1.80. The fourth-order valence-corrected chi connectivity index (χ4v) is 4.43. The molecular formula is C17H19ClO5S2. The van der Waals surface area contributed by atoms with Gasteiger partial charge in [-0.05, 0) is 42.2 Å². The van der Waals surface area contributed by atoms with Crippen LogP contribution in [0.2, 0.25) is 5.02 Å². The van der Waals surface area contributed by atoms with Crippen LogP contribution in [-0.4, -0.2) is 23.1 Å². The topological polar surface area (TPSA) is 77.5 Å². The Labute approximate surface area is 153 Å². The second-order valence-electron chi connectivity index (χ2n) is 5.75. The van der Waals surface area contributed by atoms with Crippen molar-refractivity contribution < 1.29 is 21.0 Å². The normalized spacial score (nSPS) is 13.4. The molecule has 0 spiro atoms. The molecule has 0 heterocycles. The Balaban J connectivity index is 2.52. The van der Waals surface area contributed by atoms with Crippen LogP contribution in [0.25, 0.3) is 0 Å². The number of halogens is 1. The van der Waals surface area contributed by atoms with Crippen LogP contribution in [0, 0.1) is 0 Å². The van der Waals surface area contributed by atoms with Gasteiger partial charge in [-0.15, -0.1) is 0 Å². The molecule has 0 saturated heterocycles. The molecule has 136 valence electrons. The summed E-state index contributed by atoms with van der Waals surface area (Å²) >= 11 is 5.97. The van der Waals surface area contributed by atoms with Crippen LogP contribution in [0.5, 0.6) is 5.75 Å². The van der Waals surface area contributed by atoms with E-state index in [0.717, 1.165) is 24.3 Å². The van der Waals surface area contributed by atoms with Crippen molar-refractivity contribution >= 4 is 31.6 Å². The Morgan fingerprint density at radius 2 is 1.72 bits per heavy atom. The van der Waals surface area contributed by atoms with E-state index in [1.807, 2.05) is 13.8 Å². The minimum Gasteiger partial charge on any atom is -0.379 e. The van der Waals surface area contributed by atoms with Crippen LogP contribution in [0.1, 0.15) is 31.7 Å². The monoisotopic (exact) mass is 402 g/mol. The molecule has 0 aliphatic carbocycles. The van der Waals surface area contributed by atoms with Crippen molar-refractivity contribution in [2.24, 2.45) is 0 Å². The average Bonchev–Trinajstić information content (AvgIpc) is 2.53. The van der Waals surface area contributed by atoms with Crippen molar-refractivity contribution in [3.63, 3.8) is 0 Å². The molecule has 2 aromatic rings. The zero-order valence-corrected chi connectivity index (χ0v) is 16.5. The number of benzene rings is 2. The molecule has 1 unspecified atom stereocenters. The van der Waals surface area contributed by atoms with E-state index in [2.05, 4.69) is 0 Å². The Bertz CT molecular complexity index is 982. The van der Waals surface area contributed by atoms with Crippen molar-refractivity contribution in [3.05, 3.63) is 53.1 Å². The highest BCUT2D eigenvalue weighted by Crippen LogP contribution is 2.32. The Kier molecular flexibility index (Phi) is 5.81. The van der Waals surface area contributed by atoms with Crippen LogP contribution < -0.4 is 4.18 Å². The molecule has 0 aromatic heterocycles. The highest BCUT2D eigenvalue weighted by molar-refractivity contribution is 7.90. The molecule has 0 aliphatic rings. The summed E-state index contributed by atoms with van der Waals surface area (Å²) in [6.45, 7) is 3.95. The lowest BCUT2D eigenvalue weighted by atomic mass is 9.98. The van der Waals surface area contributed by atoms with E-state index in [0.29, 0.717) is 0 Å². The molecule has 0 bridgehead atoms. The van der Waals surface area contributed by atoms with Gasteiger partial charge in [-0.1, -0.05) is 43.6 Å². The average molecular weight is 403 g/mol. The van der Waals surface area contributed by atoms with E-state index < -0.39 is 20.0 Å². The minimum atomic E-state index is -4.29. The largest absolute Gasteiger partial charge is 0.379 e. The first kappa shape index (κ1) is 19.8. The van der Waals surface area contributed by atoms with Gasteiger partial charge in [0.15, 0.2) is 9.84 Å². The van der Waals surface area contributed by atoms with E-state index in [-0.39, 0.29) is 26.5 Å². The lowest BCUT2D eigenvalue weighted by molar-refractivity contribution is 0.479. The van der Waals surface area contributed by atoms with Crippen LogP contribution in [0.4, 0.5) is 0 Å². The van der Waals surface area contributed by atoms with Crippen LogP contribution >= 0.6 is 11.6 Å². The molecule has 25 heavy (non-hydrogen) atoms. The van der Waals surface area contributed by atoms with Crippen molar-refractivity contribution in [2.45, 2.75) is 36.0 Å². The van der Waals surface area contributed by atoms with Gasteiger partial charge in [-0.3, -0.25) is 0 Å². The lowest BCUT2D eigenvalue weighted by Gasteiger charge is -2.16. The van der Waals surface area contributed by atoms with Crippen LogP contribution in [-0.2, 0) is 20.0 Å². The first-order valence-electron chi connectivity index (χ1n) is 7.59. The molecule has 0 amide bonds. The fourth-order valence-electron chi connectivity index (χ4n) is 2.25. The lowest BCUT2D eigenvalue weighted by Crippen LogP contribution is -2.13. The maximum atomic E-state index is 12.7. The minimum absolute atomic E-state index is 0.101. The number of hydrogen-bond donors (Lipinski definition) is 0. The second-order valence-corrected chi connectivity index (χ2v) is 9.69. The Morgan fingerprint density at radius 3 is 2.32 bits per heavy atom. The second kappa shape index (κ2) is 7.35. The first-order valence-corrected chi connectivity index (χ1v) is 11.3. The number of hydrogen-bond acceptors (Lipinski definition) is 5. The van der Waals surface area contributed by atoms with Crippen molar-refractivity contribution in [2.75, 3.05) is 6.26 Å². The van der Waals surface area contributed by atoms with Gasteiger partial charge in [0, 0.05) is 6.26 Å². The molecule has 2 aromatic carbocycles. The van der Waals surface area contributed by atoms with Gasteiger partial charge in [0.1, 0.15) is 10.6 Å². The highest BCUT2D eigenvalue weighted by Gasteiger charge is 2.24. The molecule has 0 N–H and O–H groups in total. The van der Waals surface area contributed by atoms with E-state index in [1.165, 1.54) is 12.1 Å². The van der Waals surface area contributed by atoms with E-state index >= 15 is 0 Å². The molecule has 0 radical (unpaired) electrons. The maximum Gasteiger partial charge on any atom is 0.340 e. The van der Waals surface area contributed by atoms with Gasteiger partial charge in [0.2, 0.25) is 0 Å². The van der Waals surface area contributed by atoms with Gasteiger partial charge in [0.25, 0.3) is 0 Å². The predicted molar refractivity (Wildman–Crippen MR) is 97.5 cm³/mol. The van der Waals surface area contributed by atoms with Crippen molar-refractivity contribution in [1.82, 2.24) is 0 Å². The third-order valence-electron chi connectivity index (χ3n) is 3.86. The molecular weight excluding hydrogens is 384 g/mol. The molecule has 0 fully saturated rings. The maximum absolute atomic E-state index is 12.7. The zero-order valence-electron chi connectivity index (χ0n) is 14.1. The van der Waals surface area contributed by atoms with E-state index in [4.69, 9.17) is 15.8 Å². The third-order valence-corrected chi connectivity index (χ3v) is 6.69. The van der Waals surface area contributed by atoms with Gasteiger partial charge in [-0.2, -0.15) is 8.42 Å². The van der Waals surface area contributed by atoms with E-state index in [1.54, 1.807) is 24.3 Å². The zero-order chi connectivity index (χ0) is 18.8. The van der Waals surface area contributed by atoms with Gasteiger partial charge in [-0.25, -0.2) is 8.42 Å². The smallest absolute Gasteiger partial charge is 0.340 e. The number of para-hydroxylation sites is 1. The fraction of sp³-hybridized carbons (Fsp3) is 0.294. The third kappa shape index (κ3) is 4.54.